The van der Waals surface area contributed by atoms with E-state index in [0.717, 1.165) is 51.0 Å². The summed E-state index contributed by atoms with van der Waals surface area (Å²) in [5.74, 6) is 0.631. The molecule has 23 heavy (non-hydrogen) atoms. The molecule has 0 radical (unpaired) electrons. The molecule has 1 aliphatic heterocycles. The van der Waals surface area contributed by atoms with Gasteiger partial charge >= 0.3 is 0 Å². The fraction of sp³-hybridized carbons (Fsp3) is 0.667. The third-order valence-corrected chi connectivity index (χ3v) is 5.63. The smallest absolute Gasteiger partial charge is 0.269 e. The van der Waals surface area contributed by atoms with Crippen molar-refractivity contribution < 1.29 is 4.79 Å². The van der Waals surface area contributed by atoms with Crippen LogP contribution in [0, 0.1) is 5.41 Å². The minimum atomic E-state index is -0.109. The average Bonchev–Trinajstić information content (AvgIpc) is 3.11. The number of aromatic nitrogens is 1. The molecule has 1 fully saturated rings. The number of pyridine rings is 1. The highest BCUT2D eigenvalue weighted by atomic mass is 35.5. The number of nitrogens with zero attached hydrogens (tertiary/aromatic N) is 2. The van der Waals surface area contributed by atoms with Crippen LogP contribution in [0.25, 0.3) is 0 Å². The molecule has 4 nitrogen and oxygen atoms in total. The third-order valence-electron chi connectivity index (χ3n) is 5.34. The van der Waals surface area contributed by atoms with E-state index in [9.17, 15) is 4.79 Å². The predicted octanol–water partition coefficient (Wildman–Crippen LogP) is 4.28. The molecular formula is C18H28ClN3O. The molecule has 0 bridgehead atoms. The lowest BCUT2D eigenvalue weighted by atomic mass is 9.80. The lowest BCUT2D eigenvalue weighted by molar-refractivity contribution is 0.0919. The van der Waals surface area contributed by atoms with E-state index in [1.807, 2.05) is 0 Å². The number of rotatable bonds is 7. The molecule has 0 aliphatic carbocycles. The van der Waals surface area contributed by atoms with Crippen molar-refractivity contribution in [2.75, 3.05) is 24.5 Å². The monoisotopic (exact) mass is 337 g/mol. The number of nitrogens with one attached hydrogen (secondary N) is 1. The van der Waals surface area contributed by atoms with Gasteiger partial charge in [-0.3, -0.25) is 4.79 Å². The van der Waals surface area contributed by atoms with Crippen LogP contribution in [0.15, 0.2) is 12.1 Å². The number of hydrogen-bond donors (Lipinski definition) is 1. The third kappa shape index (κ3) is 4.17. The van der Waals surface area contributed by atoms with E-state index in [1.54, 1.807) is 12.1 Å². The largest absolute Gasteiger partial charge is 0.355 e. The Bertz CT molecular complexity index is 529. The number of anilines is 1. The van der Waals surface area contributed by atoms with Crippen molar-refractivity contribution in [2.24, 2.45) is 5.41 Å². The molecule has 5 heteroatoms. The highest BCUT2D eigenvalue weighted by molar-refractivity contribution is 6.33. The van der Waals surface area contributed by atoms with Gasteiger partial charge in [0.15, 0.2) is 0 Å². The van der Waals surface area contributed by atoms with Gasteiger partial charge in [-0.25, -0.2) is 4.98 Å². The topological polar surface area (TPSA) is 45.2 Å². The lowest BCUT2D eigenvalue weighted by Gasteiger charge is -2.30. The van der Waals surface area contributed by atoms with Crippen molar-refractivity contribution in [3.63, 3.8) is 0 Å². The molecule has 1 saturated heterocycles. The number of carbonyl (C=O) groups excluding carboxylic acids is 1. The first-order chi connectivity index (χ1) is 11.0. The van der Waals surface area contributed by atoms with Gasteiger partial charge in [-0.1, -0.05) is 32.4 Å². The zero-order valence-corrected chi connectivity index (χ0v) is 15.2. The van der Waals surface area contributed by atoms with Crippen LogP contribution < -0.4 is 10.2 Å². The molecule has 2 rings (SSSR count). The first kappa shape index (κ1) is 18.1. The molecule has 1 aromatic rings. The molecule has 1 amide bonds. The maximum Gasteiger partial charge on any atom is 0.269 e. The maximum absolute atomic E-state index is 12.5. The fourth-order valence-electron chi connectivity index (χ4n) is 3.19. The zero-order valence-electron chi connectivity index (χ0n) is 14.5. The summed E-state index contributed by atoms with van der Waals surface area (Å²) in [5, 5.41) is 3.69. The van der Waals surface area contributed by atoms with Crippen molar-refractivity contribution in [3.05, 3.63) is 22.8 Å². The summed E-state index contributed by atoms with van der Waals surface area (Å²) in [7, 11) is 0. The second-order valence-corrected chi connectivity index (χ2v) is 6.85. The van der Waals surface area contributed by atoms with Gasteiger partial charge in [-0.15, -0.1) is 0 Å². The van der Waals surface area contributed by atoms with Gasteiger partial charge in [0.05, 0.1) is 5.02 Å². The maximum atomic E-state index is 12.5. The molecule has 0 atom stereocenters. The van der Waals surface area contributed by atoms with Crippen molar-refractivity contribution in [1.29, 1.82) is 0 Å². The number of amides is 1. The summed E-state index contributed by atoms with van der Waals surface area (Å²) in [6.07, 6.45) is 5.50. The number of halogens is 1. The Balaban J connectivity index is 2.09. The summed E-state index contributed by atoms with van der Waals surface area (Å²) < 4.78 is 0. The summed E-state index contributed by atoms with van der Waals surface area (Å²) >= 11 is 6.26. The van der Waals surface area contributed by atoms with Crippen LogP contribution in [0.4, 0.5) is 5.82 Å². The second kappa shape index (κ2) is 8.00. The Morgan fingerprint density at radius 3 is 2.39 bits per heavy atom. The normalized spacial score (nSPS) is 15.0. The van der Waals surface area contributed by atoms with E-state index in [-0.39, 0.29) is 11.3 Å². The van der Waals surface area contributed by atoms with Crippen LogP contribution in [-0.4, -0.2) is 30.5 Å². The highest BCUT2D eigenvalue weighted by Crippen LogP contribution is 2.30. The summed E-state index contributed by atoms with van der Waals surface area (Å²) in [6, 6.07) is 3.49. The lowest BCUT2D eigenvalue weighted by Crippen LogP contribution is -2.37. The Hall–Kier alpha value is -1.29. The Morgan fingerprint density at radius 1 is 1.22 bits per heavy atom. The molecule has 0 unspecified atom stereocenters. The standard InChI is InChI=1S/C18H28ClN3O/c1-4-18(5-2,6-3)13-20-17(23)15-10-9-14(19)16(21-15)22-11-7-8-12-22/h9-10H,4-8,11-13H2,1-3H3,(H,20,23). The predicted molar refractivity (Wildman–Crippen MR) is 96.3 cm³/mol. The average molecular weight is 338 g/mol. The Morgan fingerprint density at radius 2 is 1.83 bits per heavy atom. The van der Waals surface area contributed by atoms with Gasteiger partial charge in [0.2, 0.25) is 0 Å². The van der Waals surface area contributed by atoms with E-state index >= 15 is 0 Å². The summed E-state index contributed by atoms with van der Waals surface area (Å²) in [6.45, 7) is 9.17. The number of hydrogen-bond acceptors (Lipinski definition) is 3. The quantitative estimate of drug-likeness (QED) is 0.807. The van der Waals surface area contributed by atoms with Gasteiger partial charge in [0.25, 0.3) is 5.91 Å². The van der Waals surface area contributed by atoms with Crippen molar-refractivity contribution >= 4 is 23.3 Å². The van der Waals surface area contributed by atoms with E-state index in [4.69, 9.17) is 11.6 Å². The summed E-state index contributed by atoms with van der Waals surface area (Å²) in [5.41, 5.74) is 0.633. The van der Waals surface area contributed by atoms with Crippen molar-refractivity contribution in [2.45, 2.75) is 52.9 Å². The van der Waals surface area contributed by atoms with Crippen molar-refractivity contribution in [1.82, 2.24) is 10.3 Å². The van der Waals surface area contributed by atoms with Gasteiger partial charge < -0.3 is 10.2 Å². The molecule has 2 heterocycles. The highest BCUT2D eigenvalue weighted by Gasteiger charge is 2.25. The fourth-order valence-corrected chi connectivity index (χ4v) is 3.42. The van der Waals surface area contributed by atoms with E-state index in [2.05, 4.69) is 36.0 Å². The van der Waals surface area contributed by atoms with Crippen LogP contribution in [-0.2, 0) is 0 Å². The van der Waals surface area contributed by atoms with Crippen LogP contribution >= 0.6 is 11.6 Å². The van der Waals surface area contributed by atoms with Gasteiger partial charge in [-0.2, -0.15) is 0 Å². The van der Waals surface area contributed by atoms with Crippen LogP contribution in [0.5, 0.6) is 0 Å². The second-order valence-electron chi connectivity index (χ2n) is 6.44. The van der Waals surface area contributed by atoms with Crippen LogP contribution in [0.3, 0.4) is 0 Å². The van der Waals surface area contributed by atoms with Crippen LogP contribution in [0.1, 0.15) is 63.4 Å². The zero-order chi connectivity index (χ0) is 16.9. The molecule has 0 saturated carbocycles. The molecule has 128 valence electrons. The first-order valence-corrected chi connectivity index (χ1v) is 9.12. The number of carbonyl (C=O) groups is 1. The molecular weight excluding hydrogens is 310 g/mol. The Labute approximate surface area is 144 Å². The van der Waals surface area contributed by atoms with Gasteiger partial charge in [0.1, 0.15) is 11.5 Å². The Kier molecular flexibility index (Phi) is 6.28. The van der Waals surface area contributed by atoms with Crippen LogP contribution in [0.2, 0.25) is 5.02 Å². The van der Waals surface area contributed by atoms with E-state index in [0.29, 0.717) is 17.3 Å². The summed E-state index contributed by atoms with van der Waals surface area (Å²) in [4.78, 5) is 19.2. The molecule has 1 N–H and O–H groups in total. The molecule has 1 aromatic heterocycles. The first-order valence-electron chi connectivity index (χ1n) is 8.75. The minimum Gasteiger partial charge on any atom is -0.355 e. The molecule has 0 spiro atoms. The van der Waals surface area contributed by atoms with Gasteiger partial charge in [-0.05, 0) is 49.7 Å². The van der Waals surface area contributed by atoms with Gasteiger partial charge in [0, 0.05) is 19.6 Å². The van der Waals surface area contributed by atoms with E-state index in [1.165, 1.54) is 0 Å². The SMILES string of the molecule is CCC(CC)(CC)CNC(=O)c1ccc(Cl)c(N2CCCC2)n1. The van der Waals surface area contributed by atoms with Crippen molar-refractivity contribution in [3.8, 4) is 0 Å². The minimum absolute atomic E-state index is 0.109. The molecule has 0 aromatic carbocycles. The molecule has 1 aliphatic rings. The van der Waals surface area contributed by atoms with E-state index < -0.39 is 0 Å².